The van der Waals surface area contributed by atoms with Crippen molar-refractivity contribution in [2.75, 3.05) is 0 Å². The van der Waals surface area contributed by atoms with Gasteiger partial charge < -0.3 is 9.47 Å². The highest BCUT2D eigenvalue weighted by Crippen LogP contribution is 2.40. The molecule has 8 heteroatoms. The minimum Gasteiger partial charge on any atom is -0.487 e. The van der Waals surface area contributed by atoms with Crippen molar-refractivity contribution >= 4 is 34.5 Å². The molecule has 3 aromatic carbocycles. The van der Waals surface area contributed by atoms with Crippen LogP contribution in [0.25, 0.3) is 10.4 Å². The van der Waals surface area contributed by atoms with Gasteiger partial charge in [-0.05, 0) is 80.6 Å². The first-order chi connectivity index (χ1) is 18.4. The molecule has 2 nitrogen and oxygen atoms in total. The Morgan fingerprint density at radius 1 is 0.821 bits per heavy atom. The number of hydrogen-bond donors (Lipinski definition) is 0. The summed E-state index contributed by atoms with van der Waals surface area (Å²) < 4.78 is 51.3. The molecule has 0 radical (unpaired) electrons. The first kappa shape index (κ1) is 29.5. The monoisotopic (exact) mass is 592 g/mol. The SMILES string of the molecule is CC(C)(C)Oc1ccc(CCC(OCc2ccccc2)c2ccc(-c3ccc(C(F)(F)F)cc3)s2)c(Cl)c1Cl. The fraction of sp³-hybridized carbons (Fsp3) is 0.290. The number of aryl methyl sites for hydroxylation is 1. The van der Waals surface area contributed by atoms with Crippen LogP contribution in [-0.4, -0.2) is 5.60 Å². The third-order valence-electron chi connectivity index (χ3n) is 5.95. The van der Waals surface area contributed by atoms with E-state index in [9.17, 15) is 13.2 Å². The molecule has 1 unspecified atom stereocenters. The van der Waals surface area contributed by atoms with E-state index in [0.717, 1.165) is 38.6 Å². The lowest BCUT2D eigenvalue weighted by molar-refractivity contribution is -0.137. The van der Waals surface area contributed by atoms with Crippen LogP contribution >= 0.6 is 34.5 Å². The lowest BCUT2D eigenvalue weighted by Crippen LogP contribution is -2.23. The number of ether oxygens (including phenoxy) is 2. The maximum atomic E-state index is 13.0. The largest absolute Gasteiger partial charge is 0.487 e. The van der Waals surface area contributed by atoms with Crippen LogP contribution < -0.4 is 4.74 Å². The van der Waals surface area contributed by atoms with Gasteiger partial charge in [-0.1, -0.05) is 71.7 Å². The Labute approximate surface area is 241 Å². The van der Waals surface area contributed by atoms with E-state index in [4.69, 9.17) is 32.7 Å². The number of alkyl halides is 3. The summed E-state index contributed by atoms with van der Waals surface area (Å²) in [6.45, 7) is 6.26. The molecule has 39 heavy (non-hydrogen) atoms. The van der Waals surface area contributed by atoms with Crippen LogP contribution in [-0.2, 0) is 23.9 Å². The summed E-state index contributed by atoms with van der Waals surface area (Å²) in [6, 6.07) is 22.8. The molecule has 0 fully saturated rings. The molecule has 0 saturated carbocycles. The van der Waals surface area contributed by atoms with Gasteiger partial charge >= 0.3 is 6.18 Å². The molecule has 0 aliphatic rings. The van der Waals surface area contributed by atoms with E-state index >= 15 is 0 Å². The Kier molecular flexibility index (Phi) is 9.33. The molecule has 0 bridgehead atoms. The zero-order valence-electron chi connectivity index (χ0n) is 21.8. The van der Waals surface area contributed by atoms with E-state index in [2.05, 4.69) is 0 Å². The highest BCUT2D eigenvalue weighted by molar-refractivity contribution is 7.15. The van der Waals surface area contributed by atoms with Gasteiger partial charge in [-0.3, -0.25) is 0 Å². The van der Waals surface area contributed by atoms with E-state index in [-0.39, 0.29) is 6.10 Å². The maximum absolute atomic E-state index is 13.0. The second-order valence-corrected chi connectivity index (χ2v) is 12.0. The molecule has 206 valence electrons. The molecule has 1 heterocycles. The molecule has 1 aromatic heterocycles. The summed E-state index contributed by atoms with van der Waals surface area (Å²) in [5.41, 5.74) is 1.59. The third-order valence-corrected chi connectivity index (χ3v) is 8.08. The second kappa shape index (κ2) is 12.3. The molecule has 0 aliphatic heterocycles. The third kappa shape index (κ3) is 8.01. The van der Waals surface area contributed by atoms with Gasteiger partial charge in [-0.15, -0.1) is 11.3 Å². The summed E-state index contributed by atoms with van der Waals surface area (Å²) >= 11 is 14.7. The Morgan fingerprint density at radius 3 is 2.15 bits per heavy atom. The van der Waals surface area contributed by atoms with Crippen LogP contribution in [0.4, 0.5) is 13.2 Å². The van der Waals surface area contributed by atoms with Gasteiger partial charge in [0.2, 0.25) is 0 Å². The smallest absolute Gasteiger partial charge is 0.416 e. The Morgan fingerprint density at radius 2 is 1.51 bits per heavy atom. The fourth-order valence-electron chi connectivity index (χ4n) is 4.04. The molecule has 1 atom stereocenters. The van der Waals surface area contributed by atoms with Gasteiger partial charge in [0.1, 0.15) is 16.4 Å². The van der Waals surface area contributed by atoms with Crippen molar-refractivity contribution in [3.8, 4) is 16.2 Å². The zero-order valence-corrected chi connectivity index (χ0v) is 24.1. The van der Waals surface area contributed by atoms with Crippen LogP contribution in [0.1, 0.15) is 54.9 Å². The summed E-state index contributed by atoms with van der Waals surface area (Å²) in [5, 5.41) is 0.836. The topological polar surface area (TPSA) is 18.5 Å². The molecule has 4 aromatic rings. The highest BCUT2D eigenvalue weighted by atomic mass is 35.5. The first-order valence-corrected chi connectivity index (χ1v) is 14.1. The molecular formula is C31H29Cl2F3O2S. The van der Waals surface area contributed by atoms with Crippen LogP contribution in [0.5, 0.6) is 5.75 Å². The van der Waals surface area contributed by atoms with Crippen molar-refractivity contribution in [2.24, 2.45) is 0 Å². The van der Waals surface area contributed by atoms with Crippen molar-refractivity contribution in [1.82, 2.24) is 0 Å². The number of thiophene rings is 1. The number of rotatable bonds is 9. The van der Waals surface area contributed by atoms with E-state index in [1.165, 1.54) is 23.5 Å². The van der Waals surface area contributed by atoms with E-state index in [0.29, 0.717) is 35.2 Å². The quantitative estimate of drug-likeness (QED) is 0.192. The zero-order chi connectivity index (χ0) is 28.2. The maximum Gasteiger partial charge on any atom is 0.416 e. The summed E-state index contributed by atoms with van der Waals surface area (Å²) in [7, 11) is 0. The minimum absolute atomic E-state index is 0.251. The highest BCUT2D eigenvalue weighted by Gasteiger charge is 2.30. The van der Waals surface area contributed by atoms with Gasteiger partial charge in [-0.2, -0.15) is 13.2 Å². The molecule has 0 saturated heterocycles. The van der Waals surface area contributed by atoms with Crippen molar-refractivity contribution in [1.29, 1.82) is 0 Å². The average Bonchev–Trinajstić information content (AvgIpc) is 3.37. The van der Waals surface area contributed by atoms with Crippen molar-refractivity contribution in [3.05, 3.63) is 110 Å². The molecule has 0 N–H and O–H groups in total. The average molecular weight is 594 g/mol. The van der Waals surface area contributed by atoms with Gasteiger partial charge in [-0.25, -0.2) is 0 Å². The Hall–Kier alpha value is -2.51. The van der Waals surface area contributed by atoms with E-state index in [1.807, 2.05) is 75.4 Å². The Bertz CT molecular complexity index is 1380. The number of hydrogen-bond acceptors (Lipinski definition) is 3. The lowest BCUT2D eigenvalue weighted by atomic mass is 10.0. The van der Waals surface area contributed by atoms with Gasteiger partial charge in [0.15, 0.2) is 0 Å². The predicted molar refractivity (Wildman–Crippen MR) is 154 cm³/mol. The van der Waals surface area contributed by atoms with Crippen LogP contribution in [0, 0.1) is 0 Å². The molecule has 0 aliphatic carbocycles. The standard InChI is InChI=1S/C31H29Cl2F3O2S/c1-30(2,3)38-25-16-12-22(28(32)29(25)33)11-15-24(37-19-20-7-5-4-6-8-20)27-18-17-26(39-27)21-9-13-23(14-10-21)31(34,35)36/h4-10,12-14,16-18,24H,11,15,19H2,1-3H3. The van der Waals surface area contributed by atoms with Crippen molar-refractivity contribution in [3.63, 3.8) is 0 Å². The van der Waals surface area contributed by atoms with Crippen LogP contribution in [0.15, 0.2) is 78.9 Å². The van der Waals surface area contributed by atoms with Crippen LogP contribution in [0.3, 0.4) is 0 Å². The molecule has 0 spiro atoms. The minimum atomic E-state index is -4.36. The molecular weight excluding hydrogens is 564 g/mol. The second-order valence-electron chi connectivity index (χ2n) is 10.2. The van der Waals surface area contributed by atoms with E-state index in [1.54, 1.807) is 0 Å². The van der Waals surface area contributed by atoms with Crippen LogP contribution in [0.2, 0.25) is 10.0 Å². The van der Waals surface area contributed by atoms with E-state index < -0.39 is 17.3 Å². The van der Waals surface area contributed by atoms with Gasteiger partial charge in [0.05, 0.1) is 23.3 Å². The normalized spacial score (nSPS) is 12.9. The number of halogens is 5. The molecule has 0 amide bonds. The summed E-state index contributed by atoms with van der Waals surface area (Å²) in [5.74, 6) is 0.536. The first-order valence-electron chi connectivity index (χ1n) is 12.5. The van der Waals surface area contributed by atoms with Crippen molar-refractivity contribution < 1.29 is 22.6 Å². The molecule has 4 rings (SSSR count). The lowest BCUT2D eigenvalue weighted by Gasteiger charge is -2.23. The predicted octanol–water partition coefficient (Wildman–Crippen LogP) is 10.8. The van der Waals surface area contributed by atoms with Gasteiger partial charge in [0, 0.05) is 9.75 Å². The summed E-state index contributed by atoms with van der Waals surface area (Å²) in [4.78, 5) is 1.85. The fourth-order valence-corrected chi connectivity index (χ4v) is 5.61. The number of benzene rings is 3. The Balaban J connectivity index is 1.54. The summed E-state index contributed by atoms with van der Waals surface area (Å²) in [6.07, 6.45) is -3.37. The van der Waals surface area contributed by atoms with Gasteiger partial charge in [0.25, 0.3) is 0 Å². The van der Waals surface area contributed by atoms with Crippen molar-refractivity contribution in [2.45, 2.75) is 58.1 Å².